The number of nitrogens with one attached hydrogen (secondary N) is 1. The maximum absolute atomic E-state index is 12.1. The molecule has 1 heterocycles. The van der Waals surface area contributed by atoms with Gasteiger partial charge in [0.1, 0.15) is 0 Å². The lowest BCUT2D eigenvalue weighted by atomic mass is 10.0. The summed E-state index contributed by atoms with van der Waals surface area (Å²) in [4.78, 5) is 12.1. The molecule has 2 aromatic carbocycles. The molecule has 2 aromatic rings. The van der Waals surface area contributed by atoms with Crippen LogP contribution in [-0.4, -0.2) is 5.91 Å². The number of anilines is 1. The van der Waals surface area contributed by atoms with Crippen molar-refractivity contribution in [3.05, 3.63) is 64.7 Å². The highest BCUT2D eigenvalue weighted by atomic mass is 16.2. The number of aryl methyl sites for hydroxylation is 2. The predicted octanol–water partition coefficient (Wildman–Crippen LogP) is 3.80. The molecule has 0 bridgehead atoms. The molecule has 0 fully saturated rings. The molecule has 0 radical (unpaired) electrons. The first-order chi connectivity index (χ1) is 9.15. The second-order valence-corrected chi connectivity index (χ2v) is 4.92. The van der Waals surface area contributed by atoms with Gasteiger partial charge in [-0.2, -0.15) is 0 Å². The smallest absolute Gasteiger partial charge is 0.256 e. The van der Waals surface area contributed by atoms with Gasteiger partial charge in [-0.15, -0.1) is 0 Å². The van der Waals surface area contributed by atoms with E-state index in [1.165, 1.54) is 5.56 Å². The molecular weight excluding hydrogens is 234 g/mol. The van der Waals surface area contributed by atoms with Crippen LogP contribution in [0.1, 0.15) is 22.3 Å². The van der Waals surface area contributed by atoms with Gasteiger partial charge in [0.05, 0.1) is 0 Å². The van der Waals surface area contributed by atoms with Crippen LogP contribution in [0.5, 0.6) is 0 Å². The molecule has 1 aliphatic heterocycles. The average molecular weight is 249 g/mol. The van der Waals surface area contributed by atoms with Gasteiger partial charge in [-0.1, -0.05) is 35.9 Å². The molecule has 1 amide bonds. The topological polar surface area (TPSA) is 29.1 Å². The molecule has 94 valence electrons. The highest BCUT2D eigenvalue weighted by Gasteiger charge is 2.23. The normalized spacial score (nSPS) is 15.5. The molecule has 0 atom stereocenters. The van der Waals surface area contributed by atoms with Crippen molar-refractivity contribution in [2.45, 2.75) is 13.8 Å². The number of amides is 1. The maximum Gasteiger partial charge on any atom is 0.256 e. The fourth-order valence-corrected chi connectivity index (χ4v) is 2.35. The van der Waals surface area contributed by atoms with Crippen LogP contribution in [0.4, 0.5) is 5.69 Å². The molecule has 2 heteroatoms. The van der Waals surface area contributed by atoms with Crippen LogP contribution >= 0.6 is 0 Å². The molecule has 1 aliphatic rings. The lowest BCUT2D eigenvalue weighted by Gasteiger charge is -2.02. The Labute approximate surface area is 112 Å². The molecule has 0 aromatic heterocycles. The molecule has 19 heavy (non-hydrogen) atoms. The quantitative estimate of drug-likeness (QED) is 0.765. The minimum absolute atomic E-state index is 0.0242. The lowest BCUT2D eigenvalue weighted by molar-refractivity contribution is -0.110. The zero-order valence-electron chi connectivity index (χ0n) is 11.0. The van der Waals surface area contributed by atoms with Gasteiger partial charge < -0.3 is 5.32 Å². The van der Waals surface area contributed by atoms with E-state index in [1.807, 2.05) is 43.3 Å². The summed E-state index contributed by atoms with van der Waals surface area (Å²) in [5.41, 5.74) is 6.05. The van der Waals surface area contributed by atoms with Crippen LogP contribution in [0, 0.1) is 13.8 Å². The molecule has 0 unspecified atom stereocenters. The minimum Gasteiger partial charge on any atom is -0.321 e. The molecular formula is C17H15NO. The Morgan fingerprint density at radius 3 is 2.63 bits per heavy atom. The van der Waals surface area contributed by atoms with Gasteiger partial charge in [-0.05, 0) is 43.2 Å². The average Bonchev–Trinajstić information content (AvgIpc) is 2.69. The number of fused-ring (bicyclic) bond motifs is 1. The van der Waals surface area contributed by atoms with Crippen molar-refractivity contribution in [1.29, 1.82) is 0 Å². The van der Waals surface area contributed by atoms with Gasteiger partial charge >= 0.3 is 0 Å². The van der Waals surface area contributed by atoms with E-state index in [4.69, 9.17) is 0 Å². The largest absolute Gasteiger partial charge is 0.321 e. The first-order valence-electron chi connectivity index (χ1n) is 6.35. The van der Waals surface area contributed by atoms with E-state index in [9.17, 15) is 4.79 Å². The van der Waals surface area contributed by atoms with E-state index in [2.05, 4.69) is 24.4 Å². The number of carbonyl (C=O) groups is 1. The third kappa shape index (κ3) is 2.06. The molecule has 1 N–H and O–H groups in total. The second-order valence-electron chi connectivity index (χ2n) is 4.92. The van der Waals surface area contributed by atoms with Crippen molar-refractivity contribution < 1.29 is 4.79 Å². The van der Waals surface area contributed by atoms with Crippen molar-refractivity contribution in [2.24, 2.45) is 0 Å². The van der Waals surface area contributed by atoms with E-state index in [0.717, 1.165) is 28.0 Å². The summed E-state index contributed by atoms with van der Waals surface area (Å²) in [6.07, 6.45) is 1.97. The van der Waals surface area contributed by atoms with Gasteiger partial charge in [0.25, 0.3) is 5.91 Å². The van der Waals surface area contributed by atoms with E-state index in [-0.39, 0.29) is 5.91 Å². The van der Waals surface area contributed by atoms with E-state index < -0.39 is 0 Å². The van der Waals surface area contributed by atoms with Gasteiger partial charge in [-0.25, -0.2) is 0 Å². The van der Waals surface area contributed by atoms with E-state index in [0.29, 0.717) is 0 Å². The fraction of sp³-hybridized carbons (Fsp3) is 0.118. The Balaban J connectivity index is 2.14. The van der Waals surface area contributed by atoms with Gasteiger partial charge in [0.15, 0.2) is 0 Å². The van der Waals surface area contributed by atoms with Crippen LogP contribution in [0.3, 0.4) is 0 Å². The maximum atomic E-state index is 12.1. The molecule has 2 nitrogen and oxygen atoms in total. The lowest BCUT2D eigenvalue weighted by Crippen LogP contribution is -2.03. The Kier molecular flexibility index (Phi) is 2.71. The number of benzene rings is 2. The highest BCUT2D eigenvalue weighted by molar-refractivity contribution is 6.35. The molecule has 0 aliphatic carbocycles. The van der Waals surface area contributed by atoms with E-state index >= 15 is 0 Å². The van der Waals surface area contributed by atoms with Gasteiger partial charge in [0.2, 0.25) is 0 Å². The minimum atomic E-state index is -0.0242. The fourth-order valence-electron chi connectivity index (χ4n) is 2.35. The Morgan fingerprint density at radius 2 is 1.84 bits per heavy atom. The van der Waals surface area contributed by atoms with Crippen LogP contribution < -0.4 is 5.32 Å². The summed E-state index contributed by atoms with van der Waals surface area (Å²) in [6.45, 7) is 4.09. The standard InChI is InChI=1S/C17H15NO/c1-11-7-8-16-14(9-11)15(17(19)18-16)10-13-6-4-3-5-12(13)2/h3-10H,1-2H3,(H,18,19)/b15-10+. The van der Waals surface area contributed by atoms with Crippen molar-refractivity contribution >= 4 is 23.2 Å². The number of hydrogen-bond acceptors (Lipinski definition) is 1. The number of rotatable bonds is 1. The van der Waals surface area contributed by atoms with Gasteiger partial charge in [-0.3, -0.25) is 4.79 Å². The van der Waals surface area contributed by atoms with Crippen molar-refractivity contribution in [1.82, 2.24) is 0 Å². The summed E-state index contributed by atoms with van der Waals surface area (Å²) in [5.74, 6) is -0.0242. The summed E-state index contributed by atoms with van der Waals surface area (Å²) in [6, 6.07) is 14.1. The number of carbonyl (C=O) groups excluding carboxylic acids is 1. The van der Waals surface area contributed by atoms with Crippen LogP contribution in [0.15, 0.2) is 42.5 Å². The van der Waals surface area contributed by atoms with Crippen molar-refractivity contribution in [2.75, 3.05) is 5.32 Å². The van der Waals surface area contributed by atoms with Crippen molar-refractivity contribution in [3.8, 4) is 0 Å². The third-order valence-corrected chi connectivity index (χ3v) is 3.45. The van der Waals surface area contributed by atoms with Crippen LogP contribution in [-0.2, 0) is 4.79 Å². The third-order valence-electron chi connectivity index (χ3n) is 3.45. The Hall–Kier alpha value is -2.35. The number of hydrogen-bond donors (Lipinski definition) is 1. The summed E-state index contributed by atoms with van der Waals surface area (Å²) in [7, 11) is 0. The Morgan fingerprint density at radius 1 is 1.05 bits per heavy atom. The van der Waals surface area contributed by atoms with Gasteiger partial charge in [0, 0.05) is 16.8 Å². The second kappa shape index (κ2) is 4.39. The first-order valence-corrected chi connectivity index (χ1v) is 6.35. The SMILES string of the molecule is Cc1ccc2c(c1)/C(=C\c1ccccc1C)C(=O)N2. The molecule has 0 spiro atoms. The van der Waals surface area contributed by atoms with Crippen LogP contribution in [0.25, 0.3) is 11.6 Å². The predicted molar refractivity (Wildman–Crippen MR) is 78.9 cm³/mol. The van der Waals surface area contributed by atoms with Crippen LogP contribution in [0.2, 0.25) is 0 Å². The van der Waals surface area contributed by atoms with Crippen molar-refractivity contribution in [3.63, 3.8) is 0 Å². The molecule has 3 rings (SSSR count). The van der Waals surface area contributed by atoms with E-state index in [1.54, 1.807) is 0 Å². The highest BCUT2D eigenvalue weighted by Crippen LogP contribution is 2.33. The zero-order valence-corrected chi connectivity index (χ0v) is 11.0. The summed E-state index contributed by atoms with van der Waals surface area (Å²) < 4.78 is 0. The molecule has 0 saturated heterocycles. The monoisotopic (exact) mass is 249 g/mol. The zero-order chi connectivity index (χ0) is 13.4. The summed E-state index contributed by atoms with van der Waals surface area (Å²) >= 11 is 0. The molecule has 0 saturated carbocycles. The first kappa shape index (κ1) is 11.7. The summed E-state index contributed by atoms with van der Waals surface area (Å²) in [5, 5.41) is 2.91. The Bertz CT molecular complexity index is 698.